The molecule has 1 aromatic carbocycles. The fourth-order valence-corrected chi connectivity index (χ4v) is 5.26. The topological polar surface area (TPSA) is 23.5 Å². The number of rotatable bonds is 4. The van der Waals surface area contributed by atoms with E-state index in [1.54, 1.807) is 11.3 Å². The van der Waals surface area contributed by atoms with Crippen LogP contribution in [0, 0.1) is 0 Å². The van der Waals surface area contributed by atoms with E-state index in [9.17, 15) is 5.11 Å². The Bertz CT molecular complexity index is 797. The number of β-amino-alcohol motifs (C(OH)–C–C–N with tert-alkyl or cyclic N) is 1. The zero-order chi connectivity index (χ0) is 16.5. The van der Waals surface area contributed by atoms with E-state index in [-0.39, 0.29) is 6.04 Å². The van der Waals surface area contributed by atoms with Gasteiger partial charge in [0, 0.05) is 27.9 Å². The van der Waals surface area contributed by atoms with Gasteiger partial charge in [0.15, 0.2) is 0 Å². The lowest BCUT2D eigenvalue weighted by atomic mass is 9.97. The average molecular weight is 376 g/mol. The largest absolute Gasteiger partial charge is 0.387 e. The monoisotopic (exact) mass is 375 g/mol. The number of benzene rings is 1. The molecule has 0 radical (unpaired) electrons. The number of aliphatic hydroxyl groups is 1. The molecule has 0 unspecified atom stereocenters. The van der Waals surface area contributed by atoms with Gasteiger partial charge in [-0.15, -0.1) is 22.7 Å². The third kappa shape index (κ3) is 3.17. The second-order valence-corrected chi connectivity index (χ2v) is 8.45. The van der Waals surface area contributed by atoms with Crippen molar-refractivity contribution < 1.29 is 5.11 Å². The third-order valence-corrected chi connectivity index (χ3v) is 6.71. The summed E-state index contributed by atoms with van der Waals surface area (Å²) in [5, 5.41) is 15.7. The number of halogens is 1. The van der Waals surface area contributed by atoms with E-state index in [1.165, 1.54) is 15.3 Å². The predicted octanol–water partition coefficient (Wildman–Crippen LogP) is 5.14. The van der Waals surface area contributed by atoms with Crippen LogP contribution in [0.25, 0.3) is 0 Å². The van der Waals surface area contributed by atoms with E-state index in [0.29, 0.717) is 11.6 Å². The molecule has 5 heteroatoms. The molecule has 1 aliphatic heterocycles. The van der Waals surface area contributed by atoms with Gasteiger partial charge in [-0.25, -0.2) is 0 Å². The smallest absolute Gasteiger partial charge is 0.0917 e. The number of nitrogens with zero attached hydrogens (tertiary/aromatic N) is 1. The average Bonchev–Trinajstić information content (AvgIpc) is 3.26. The summed E-state index contributed by atoms with van der Waals surface area (Å²) in [6.45, 7) is 1.60. The van der Waals surface area contributed by atoms with Crippen LogP contribution in [0.3, 0.4) is 0 Å². The third-order valence-electron chi connectivity index (χ3n) is 4.54. The highest BCUT2D eigenvalue weighted by Gasteiger charge is 2.31. The first kappa shape index (κ1) is 16.3. The summed E-state index contributed by atoms with van der Waals surface area (Å²) in [7, 11) is 0. The second kappa shape index (κ2) is 6.98. The fourth-order valence-electron chi connectivity index (χ4n) is 3.36. The molecule has 0 saturated carbocycles. The Hall–Kier alpha value is -1.17. The first-order valence-electron chi connectivity index (χ1n) is 7.99. The van der Waals surface area contributed by atoms with Crippen molar-refractivity contribution in [3.8, 4) is 0 Å². The van der Waals surface area contributed by atoms with Crippen LogP contribution < -0.4 is 0 Å². The normalized spacial score (nSPS) is 19.2. The molecule has 0 spiro atoms. The zero-order valence-electron chi connectivity index (χ0n) is 13.1. The molecule has 1 N–H and O–H groups in total. The van der Waals surface area contributed by atoms with E-state index in [4.69, 9.17) is 11.6 Å². The van der Waals surface area contributed by atoms with Crippen LogP contribution in [0.15, 0.2) is 53.2 Å². The highest BCUT2D eigenvalue weighted by atomic mass is 35.5. The Morgan fingerprint density at radius 2 is 1.96 bits per heavy atom. The maximum absolute atomic E-state index is 10.7. The molecule has 124 valence electrons. The Balaban J connectivity index is 1.60. The van der Waals surface area contributed by atoms with Crippen molar-refractivity contribution in [2.24, 2.45) is 0 Å². The highest BCUT2D eigenvalue weighted by molar-refractivity contribution is 7.10. The van der Waals surface area contributed by atoms with E-state index < -0.39 is 6.10 Å². The minimum absolute atomic E-state index is 0.252. The molecule has 0 saturated heterocycles. The van der Waals surface area contributed by atoms with Crippen molar-refractivity contribution in [3.05, 3.63) is 79.1 Å². The molecular weight excluding hydrogens is 358 g/mol. The maximum Gasteiger partial charge on any atom is 0.0917 e. The summed E-state index contributed by atoms with van der Waals surface area (Å²) in [6.07, 6.45) is 0.548. The lowest BCUT2D eigenvalue weighted by Gasteiger charge is -2.36. The van der Waals surface area contributed by atoms with Gasteiger partial charge in [0.1, 0.15) is 0 Å². The first-order chi connectivity index (χ1) is 11.7. The van der Waals surface area contributed by atoms with Crippen LogP contribution in [0.2, 0.25) is 5.02 Å². The number of thiophene rings is 2. The van der Waals surface area contributed by atoms with E-state index in [2.05, 4.69) is 33.9 Å². The number of hydrogen-bond acceptors (Lipinski definition) is 4. The maximum atomic E-state index is 10.7. The number of aliphatic hydroxyl groups excluding tert-OH is 1. The quantitative estimate of drug-likeness (QED) is 0.682. The molecule has 3 heterocycles. The van der Waals surface area contributed by atoms with E-state index in [1.807, 2.05) is 35.6 Å². The van der Waals surface area contributed by atoms with Crippen LogP contribution in [0.5, 0.6) is 0 Å². The lowest BCUT2D eigenvalue weighted by Crippen LogP contribution is -2.37. The fraction of sp³-hybridized carbons (Fsp3) is 0.263. The van der Waals surface area contributed by atoms with Gasteiger partial charge in [-0.05, 0) is 52.6 Å². The summed E-state index contributed by atoms with van der Waals surface area (Å²) in [4.78, 5) is 5.23. The van der Waals surface area contributed by atoms with Gasteiger partial charge >= 0.3 is 0 Å². The molecule has 0 aliphatic carbocycles. The first-order valence-corrected chi connectivity index (χ1v) is 10.1. The molecular formula is C19H18ClNOS2. The van der Waals surface area contributed by atoms with Gasteiger partial charge in [-0.3, -0.25) is 4.90 Å². The van der Waals surface area contributed by atoms with Crippen molar-refractivity contribution in [1.29, 1.82) is 0 Å². The van der Waals surface area contributed by atoms with Crippen molar-refractivity contribution in [1.82, 2.24) is 4.90 Å². The molecule has 0 bridgehead atoms. The summed E-state index contributed by atoms with van der Waals surface area (Å²) in [5.74, 6) is 0. The standard InChI is InChI=1S/C19H18ClNOS2/c20-14-5-3-13(4-6-14)16(22)12-21-9-7-17-15(8-11-24-17)19(21)18-2-1-10-23-18/h1-6,8,10-11,16,19,22H,7,9,12H2/t16-,19-/m1/s1. The zero-order valence-corrected chi connectivity index (χ0v) is 15.4. The van der Waals surface area contributed by atoms with Gasteiger partial charge in [0.2, 0.25) is 0 Å². The number of fused-ring (bicyclic) bond motifs is 1. The van der Waals surface area contributed by atoms with Gasteiger partial charge < -0.3 is 5.11 Å². The van der Waals surface area contributed by atoms with Gasteiger partial charge in [-0.1, -0.05) is 29.8 Å². The minimum atomic E-state index is -0.509. The van der Waals surface area contributed by atoms with Crippen LogP contribution in [-0.2, 0) is 6.42 Å². The van der Waals surface area contributed by atoms with Crippen LogP contribution in [-0.4, -0.2) is 23.1 Å². The summed E-state index contributed by atoms with van der Waals surface area (Å²) in [5.41, 5.74) is 2.32. The molecule has 0 fully saturated rings. The minimum Gasteiger partial charge on any atom is -0.387 e. The van der Waals surface area contributed by atoms with Gasteiger partial charge in [-0.2, -0.15) is 0 Å². The van der Waals surface area contributed by atoms with E-state index in [0.717, 1.165) is 18.5 Å². The summed E-state index contributed by atoms with van der Waals surface area (Å²) < 4.78 is 0. The Morgan fingerprint density at radius 3 is 2.71 bits per heavy atom. The Morgan fingerprint density at radius 1 is 1.12 bits per heavy atom. The van der Waals surface area contributed by atoms with Crippen molar-refractivity contribution in [2.45, 2.75) is 18.6 Å². The Labute approximate surface area is 155 Å². The van der Waals surface area contributed by atoms with Crippen molar-refractivity contribution in [3.63, 3.8) is 0 Å². The van der Waals surface area contributed by atoms with Crippen molar-refractivity contribution in [2.75, 3.05) is 13.1 Å². The molecule has 24 heavy (non-hydrogen) atoms. The van der Waals surface area contributed by atoms with Crippen LogP contribution in [0.1, 0.15) is 33.0 Å². The lowest BCUT2D eigenvalue weighted by molar-refractivity contribution is 0.0936. The Kier molecular flexibility index (Phi) is 4.74. The predicted molar refractivity (Wildman–Crippen MR) is 102 cm³/mol. The highest BCUT2D eigenvalue weighted by Crippen LogP contribution is 2.40. The molecule has 4 rings (SSSR count). The van der Waals surface area contributed by atoms with E-state index >= 15 is 0 Å². The van der Waals surface area contributed by atoms with Gasteiger partial charge in [0.25, 0.3) is 0 Å². The molecule has 2 atom stereocenters. The molecule has 2 nitrogen and oxygen atoms in total. The second-order valence-electron chi connectivity index (χ2n) is 6.03. The van der Waals surface area contributed by atoms with Crippen molar-refractivity contribution >= 4 is 34.3 Å². The SMILES string of the molecule is O[C@H](CN1CCc2sccc2[C@@H]1c1cccs1)c1ccc(Cl)cc1. The van der Waals surface area contributed by atoms with Gasteiger partial charge in [0.05, 0.1) is 12.1 Å². The molecule has 0 amide bonds. The molecule has 1 aliphatic rings. The van der Waals surface area contributed by atoms with Crippen LogP contribution in [0.4, 0.5) is 0 Å². The summed E-state index contributed by atoms with van der Waals surface area (Å²) in [6, 6.07) is 14.3. The number of hydrogen-bond donors (Lipinski definition) is 1. The summed E-state index contributed by atoms with van der Waals surface area (Å²) >= 11 is 9.59. The molecule has 3 aromatic rings. The van der Waals surface area contributed by atoms with Crippen LogP contribution >= 0.6 is 34.3 Å². The molecule has 2 aromatic heterocycles.